The number of anilines is 1. The summed E-state index contributed by atoms with van der Waals surface area (Å²) in [6.45, 7) is 10.4. The fourth-order valence-corrected chi connectivity index (χ4v) is 7.29. The Morgan fingerprint density at radius 3 is 2.21 bits per heavy atom. The number of halogens is 1. The minimum absolute atomic E-state index is 0.0401. The van der Waals surface area contributed by atoms with Crippen molar-refractivity contribution >= 4 is 74.5 Å². The van der Waals surface area contributed by atoms with Gasteiger partial charge < -0.3 is 20.1 Å². The highest BCUT2D eigenvalue weighted by molar-refractivity contribution is 9.10. The number of hydrogen-bond donors (Lipinski definition) is 3. The fraction of sp³-hybridized carbons (Fsp3) is 0.680. The van der Waals surface area contributed by atoms with Gasteiger partial charge in [-0.2, -0.15) is 4.98 Å². The molecule has 0 unspecified atom stereocenters. The molecule has 1 saturated heterocycles. The van der Waals surface area contributed by atoms with Crippen molar-refractivity contribution in [3.8, 4) is 0 Å². The lowest BCUT2D eigenvalue weighted by Gasteiger charge is -2.21. The molecule has 1 aliphatic rings. The first kappa shape index (κ1) is 35.3. The molecule has 236 valence electrons. The van der Waals surface area contributed by atoms with Gasteiger partial charge in [-0.05, 0) is 15.9 Å². The van der Waals surface area contributed by atoms with E-state index >= 15 is 0 Å². The first-order valence-corrected chi connectivity index (χ1v) is 17.4. The number of H-pyrrole nitrogens is 1. The van der Waals surface area contributed by atoms with Gasteiger partial charge in [0.25, 0.3) is 5.56 Å². The van der Waals surface area contributed by atoms with Crippen molar-refractivity contribution in [2.75, 3.05) is 37.1 Å². The summed E-state index contributed by atoms with van der Waals surface area (Å²) >= 11 is 5.45. The minimum Gasteiger partial charge on any atom is -0.388 e. The number of aromatic amines is 1. The Morgan fingerprint density at radius 2 is 1.69 bits per heavy atom. The van der Waals surface area contributed by atoms with Crippen LogP contribution in [0.2, 0.25) is 0 Å². The first-order chi connectivity index (χ1) is 19.4. The number of phosphoric ester groups is 1. The van der Waals surface area contributed by atoms with E-state index in [4.69, 9.17) is 24.0 Å². The number of thioether (sulfide) groups is 2. The zero-order chi connectivity index (χ0) is 31.5. The highest BCUT2D eigenvalue weighted by Gasteiger charge is 2.39. The lowest BCUT2D eigenvalue weighted by molar-refractivity contribution is -0.118. The van der Waals surface area contributed by atoms with Crippen LogP contribution in [0.25, 0.3) is 11.0 Å². The van der Waals surface area contributed by atoms with E-state index < -0.39 is 42.6 Å². The number of nitrogens with two attached hydrogens (primary N) is 1. The summed E-state index contributed by atoms with van der Waals surface area (Å²) < 4.78 is 38.0. The predicted molar refractivity (Wildman–Crippen MR) is 166 cm³/mol. The lowest BCUT2D eigenvalue weighted by Crippen LogP contribution is -2.20. The topological polar surface area (TPSA) is 185 Å². The van der Waals surface area contributed by atoms with Gasteiger partial charge in [-0.1, -0.05) is 65.1 Å². The molecule has 13 nitrogen and oxygen atoms in total. The molecule has 17 heteroatoms. The van der Waals surface area contributed by atoms with Crippen molar-refractivity contribution < 1.29 is 37.6 Å². The molecule has 1 aliphatic heterocycles. The first-order valence-electron chi connectivity index (χ1n) is 13.2. The van der Waals surface area contributed by atoms with Crippen molar-refractivity contribution in [1.29, 1.82) is 0 Å². The summed E-state index contributed by atoms with van der Waals surface area (Å²) in [6, 6.07) is 0. The quantitative estimate of drug-likeness (QED) is 0.207. The summed E-state index contributed by atoms with van der Waals surface area (Å²) in [6.07, 6.45) is -0.971. The number of rotatable bonds is 12. The van der Waals surface area contributed by atoms with Gasteiger partial charge in [0.15, 0.2) is 22.1 Å². The summed E-state index contributed by atoms with van der Waals surface area (Å²) in [5.41, 5.74) is 4.41. The number of phosphoric acid groups is 1. The molecular formula is C25H38BrN4O9PS2. The average molecular weight is 714 g/mol. The third-order valence-electron chi connectivity index (χ3n) is 5.87. The van der Waals surface area contributed by atoms with Crippen molar-refractivity contribution in [2.24, 2.45) is 10.8 Å². The molecule has 0 aromatic carbocycles. The number of nitrogen functional groups attached to an aromatic ring is 1. The van der Waals surface area contributed by atoms with Crippen LogP contribution in [0.5, 0.6) is 0 Å². The summed E-state index contributed by atoms with van der Waals surface area (Å²) in [7, 11) is -4.13. The molecule has 4 N–H and O–H groups in total. The maximum atomic E-state index is 13.5. The van der Waals surface area contributed by atoms with Crippen molar-refractivity contribution in [1.82, 2.24) is 14.5 Å². The van der Waals surface area contributed by atoms with Crippen LogP contribution in [0.15, 0.2) is 15.5 Å². The second kappa shape index (κ2) is 14.2. The number of nitrogens with zero attached hydrogens (tertiary/aromatic N) is 2. The van der Waals surface area contributed by atoms with Gasteiger partial charge >= 0.3 is 7.82 Å². The Balaban J connectivity index is 1.65. The molecule has 0 saturated carbocycles. The SMILES string of the molecule is CC(C)(C)C(=O)SCCOP(=O)(OCCSC(=O)C(C)(C)C)OC[C@@H]1C[C@@H](O)[C@H](n2cc(Br)c3c(=O)[nH]c(N)nc32)O1. The van der Waals surface area contributed by atoms with E-state index in [0.29, 0.717) is 4.47 Å². The number of carbonyl (C=O) groups is 2. The van der Waals surface area contributed by atoms with E-state index in [1.807, 2.05) is 0 Å². The molecule has 0 radical (unpaired) electrons. The normalized spacial score (nSPS) is 20.0. The highest BCUT2D eigenvalue weighted by Crippen LogP contribution is 2.50. The van der Waals surface area contributed by atoms with E-state index in [1.165, 1.54) is 4.57 Å². The molecule has 3 heterocycles. The van der Waals surface area contributed by atoms with Gasteiger partial charge in [0.05, 0.1) is 35.8 Å². The Bertz CT molecular complexity index is 1350. The van der Waals surface area contributed by atoms with Crippen LogP contribution >= 0.6 is 47.3 Å². The molecule has 2 aromatic rings. The van der Waals surface area contributed by atoms with Crippen molar-refractivity contribution in [3.63, 3.8) is 0 Å². The Morgan fingerprint density at radius 1 is 1.14 bits per heavy atom. The Labute approximate surface area is 261 Å². The van der Waals surface area contributed by atoms with E-state index in [9.17, 15) is 24.1 Å². The number of carbonyl (C=O) groups excluding carboxylic acids is 2. The summed E-state index contributed by atoms with van der Waals surface area (Å²) in [5.74, 6) is 0.373. The maximum Gasteiger partial charge on any atom is 0.474 e. The third kappa shape index (κ3) is 9.38. The number of fused-ring (bicyclic) bond motifs is 1. The lowest BCUT2D eigenvalue weighted by atomic mass is 9.99. The van der Waals surface area contributed by atoms with E-state index in [0.717, 1.165) is 23.5 Å². The smallest absolute Gasteiger partial charge is 0.388 e. The van der Waals surface area contributed by atoms with E-state index in [-0.39, 0.29) is 65.0 Å². The molecule has 3 rings (SSSR count). The number of ether oxygens (including phenoxy) is 1. The third-order valence-corrected chi connectivity index (χ3v) is 10.4. The van der Waals surface area contributed by atoms with Crippen LogP contribution < -0.4 is 11.3 Å². The molecule has 2 aromatic heterocycles. The van der Waals surface area contributed by atoms with Gasteiger partial charge in [-0.3, -0.25) is 32.9 Å². The molecule has 0 aliphatic carbocycles. The standard InChI is InChI=1S/C25H38BrN4O9PS2/c1-24(2,3)21(33)41-9-7-36-40(35,37-8-10-42-22(34)25(4,5)6)38-13-14-11-16(31)20(39-14)30-12-15(26)17-18(30)28-23(27)29-19(17)32/h12,14,16,20,31H,7-11,13H2,1-6H3,(H3,27,28,29,32)/t14-,16+,20+/m0/s1. The molecule has 0 bridgehead atoms. The number of nitrogens with one attached hydrogen (secondary N) is 1. The van der Waals surface area contributed by atoms with Crippen LogP contribution in [0, 0.1) is 10.8 Å². The number of aliphatic hydroxyl groups is 1. The van der Waals surface area contributed by atoms with E-state index in [2.05, 4.69) is 25.9 Å². The molecule has 0 spiro atoms. The largest absolute Gasteiger partial charge is 0.474 e. The van der Waals surface area contributed by atoms with Gasteiger partial charge in [0.2, 0.25) is 5.95 Å². The minimum atomic E-state index is -4.13. The van der Waals surface area contributed by atoms with E-state index in [1.54, 1.807) is 47.7 Å². The van der Waals surface area contributed by atoms with Crippen LogP contribution in [-0.4, -0.2) is 73.4 Å². The summed E-state index contributed by atoms with van der Waals surface area (Å²) in [5, 5.41) is 10.9. The van der Waals surface area contributed by atoms with Gasteiger partial charge in [-0.25, -0.2) is 4.57 Å². The van der Waals surface area contributed by atoms with Crippen LogP contribution in [0.1, 0.15) is 54.2 Å². The number of aromatic nitrogens is 3. The zero-order valence-electron chi connectivity index (χ0n) is 24.4. The Kier molecular flexibility index (Phi) is 12.0. The predicted octanol–water partition coefficient (Wildman–Crippen LogP) is 4.49. The fourth-order valence-electron chi connectivity index (χ4n) is 3.70. The highest BCUT2D eigenvalue weighted by atomic mass is 79.9. The van der Waals surface area contributed by atoms with Crippen molar-refractivity contribution in [3.05, 3.63) is 21.0 Å². The Hall–Kier alpha value is -1.23. The van der Waals surface area contributed by atoms with Crippen molar-refractivity contribution in [2.45, 2.75) is 66.4 Å². The van der Waals surface area contributed by atoms with Crippen LogP contribution in [0.4, 0.5) is 5.95 Å². The maximum absolute atomic E-state index is 13.5. The molecule has 1 fully saturated rings. The number of hydrogen-bond acceptors (Lipinski definition) is 13. The molecule has 3 atom stereocenters. The van der Waals surface area contributed by atoms with Gasteiger partial charge in [-0.15, -0.1) is 0 Å². The second-order valence-corrected chi connectivity index (χ2v) is 16.3. The zero-order valence-corrected chi connectivity index (χ0v) is 28.5. The average Bonchev–Trinajstić information content (AvgIpc) is 3.40. The van der Waals surface area contributed by atoms with Gasteiger partial charge in [0, 0.05) is 35.0 Å². The van der Waals surface area contributed by atoms with Crippen LogP contribution in [-0.2, 0) is 32.5 Å². The summed E-state index contributed by atoms with van der Waals surface area (Å²) in [4.78, 5) is 43.4. The van der Waals surface area contributed by atoms with Gasteiger partial charge in [0.1, 0.15) is 6.10 Å². The molecular weight excluding hydrogens is 675 g/mol. The monoisotopic (exact) mass is 712 g/mol. The number of aliphatic hydroxyl groups excluding tert-OH is 1. The molecule has 42 heavy (non-hydrogen) atoms. The second-order valence-electron chi connectivity index (χ2n) is 11.7. The van der Waals surface area contributed by atoms with Crippen LogP contribution in [0.3, 0.4) is 0 Å². The molecule has 0 amide bonds.